The molecule has 2 amide bonds. The minimum Gasteiger partial charge on any atom is -0.383 e. The number of benzene rings is 1. The maximum Gasteiger partial charge on any atom is 0.298 e. The van der Waals surface area contributed by atoms with Crippen molar-refractivity contribution in [1.82, 2.24) is 24.2 Å². The molecule has 2 fully saturated rings. The molecule has 1 aliphatic carbocycles. The van der Waals surface area contributed by atoms with Crippen LogP contribution in [0.5, 0.6) is 0 Å². The molecule has 3 aromatic rings. The highest BCUT2D eigenvalue weighted by molar-refractivity contribution is 6.00. The highest BCUT2D eigenvalue weighted by atomic mass is 19.1. The Kier molecular flexibility index (Phi) is 6.51. The highest BCUT2D eigenvalue weighted by Gasteiger charge is 2.38. The van der Waals surface area contributed by atoms with Gasteiger partial charge < -0.3 is 25.3 Å². The summed E-state index contributed by atoms with van der Waals surface area (Å²) in [6, 6.07) is 0.717. The van der Waals surface area contributed by atoms with Crippen LogP contribution in [0.1, 0.15) is 53.0 Å². The number of fused-ring (bicyclic) bond motifs is 1. The van der Waals surface area contributed by atoms with Crippen LogP contribution >= 0.6 is 0 Å². The SMILES string of the molecule is C#CC(=O)N1C[C@@H](n2nc(C#Cc3c(F)cc4c(ncn4C4CC4)c3F)c(C(N)=O)c2NC)C[C@@H]1COC. The molecule has 12 heteroatoms. The number of aromatic nitrogens is 4. The zero-order chi connectivity index (χ0) is 27.1. The van der Waals surface area contributed by atoms with Gasteiger partial charge in [-0.05, 0) is 31.1 Å². The summed E-state index contributed by atoms with van der Waals surface area (Å²) in [5, 5.41) is 7.36. The predicted molar refractivity (Wildman–Crippen MR) is 134 cm³/mol. The molecule has 0 radical (unpaired) electrons. The first-order valence-electron chi connectivity index (χ1n) is 12.0. The fraction of sp³-hybridized carbons (Fsp3) is 0.385. The van der Waals surface area contributed by atoms with E-state index in [1.165, 1.54) is 29.1 Å². The maximum atomic E-state index is 15.2. The minimum absolute atomic E-state index is 0.0209. The quantitative estimate of drug-likeness (QED) is 0.478. The van der Waals surface area contributed by atoms with Crippen molar-refractivity contribution >= 4 is 28.7 Å². The Morgan fingerprint density at radius 1 is 1.29 bits per heavy atom. The molecule has 0 unspecified atom stereocenters. The third-order valence-corrected chi connectivity index (χ3v) is 6.88. The largest absolute Gasteiger partial charge is 0.383 e. The van der Waals surface area contributed by atoms with Gasteiger partial charge in [-0.25, -0.2) is 18.4 Å². The molecule has 38 heavy (non-hydrogen) atoms. The number of hydrogen-bond donors (Lipinski definition) is 2. The zero-order valence-corrected chi connectivity index (χ0v) is 20.8. The lowest BCUT2D eigenvalue weighted by Gasteiger charge is -2.21. The number of nitrogens with zero attached hydrogens (tertiary/aromatic N) is 5. The molecular formula is C26H25F2N7O3. The van der Waals surface area contributed by atoms with Gasteiger partial charge in [-0.15, -0.1) is 6.42 Å². The van der Waals surface area contributed by atoms with E-state index in [9.17, 15) is 14.0 Å². The molecule has 1 aliphatic heterocycles. The number of hydrogen-bond acceptors (Lipinski definition) is 6. The number of ether oxygens (including phenoxy) is 1. The van der Waals surface area contributed by atoms with Gasteiger partial charge in [0.15, 0.2) is 11.5 Å². The van der Waals surface area contributed by atoms with E-state index >= 15 is 4.39 Å². The number of carbonyl (C=O) groups is 2. The Morgan fingerprint density at radius 2 is 2.05 bits per heavy atom. The van der Waals surface area contributed by atoms with Crippen LogP contribution in [0.3, 0.4) is 0 Å². The van der Waals surface area contributed by atoms with Crippen LogP contribution in [-0.2, 0) is 9.53 Å². The number of carbonyl (C=O) groups excluding carboxylic acids is 2. The Balaban J connectivity index is 1.55. The van der Waals surface area contributed by atoms with Crippen LogP contribution in [0, 0.1) is 35.8 Å². The molecule has 0 bridgehead atoms. The summed E-state index contributed by atoms with van der Waals surface area (Å²) < 4.78 is 38.7. The van der Waals surface area contributed by atoms with Gasteiger partial charge in [0.25, 0.3) is 11.8 Å². The number of imidazole rings is 1. The Hall–Kier alpha value is -4.42. The molecule has 1 saturated carbocycles. The van der Waals surface area contributed by atoms with E-state index in [1.807, 2.05) is 0 Å². The molecule has 0 spiro atoms. The van der Waals surface area contributed by atoms with Crippen LogP contribution in [0.25, 0.3) is 11.0 Å². The first-order chi connectivity index (χ1) is 18.3. The average Bonchev–Trinajstić information content (AvgIpc) is 3.33. The molecular weight excluding hydrogens is 496 g/mol. The number of rotatable bonds is 6. The molecule has 2 atom stereocenters. The number of nitrogens with two attached hydrogens (primary N) is 1. The summed E-state index contributed by atoms with van der Waals surface area (Å²) >= 11 is 0. The Morgan fingerprint density at radius 3 is 2.68 bits per heavy atom. The maximum absolute atomic E-state index is 15.2. The lowest BCUT2D eigenvalue weighted by molar-refractivity contribution is -0.126. The molecule has 1 aromatic carbocycles. The third kappa shape index (κ3) is 4.23. The molecule has 5 rings (SSSR count). The number of anilines is 1. The van der Waals surface area contributed by atoms with E-state index in [2.05, 4.69) is 33.2 Å². The van der Waals surface area contributed by atoms with E-state index < -0.39 is 29.0 Å². The average molecular weight is 522 g/mol. The second-order valence-electron chi connectivity index (χ2n) is 9.28. The van der Waals surface area contributed by atoms with E-state index in [1.54, 1.807) is 11.6 Å². The summed E-state index contributed by atoms with van der Waals surface area (Å²) in [6.45, 7) is 0.467. The van der Waals surface area contributed by atoms with Crippen molar-refractivity contribution in [3.63, 3.8) is 0 Å². The number of amides is 2. The normalized spacial score (nSPS) is 18.8. The molecule has 2 aromatic heterocycles. The van der Waals surface area contributed by atoms with Crippen molar-refractivity contribution in [1.29, 1.82) is 0 Å². The lowest BCUT2D eigenvalue weighted by Crippen LogP contribution is -2.37. The molecule has 3 heterocycles. The van der Waals surface area contributed by atoms with Crippen molar-refractivity contribution < 1.29 is 23.1 Å². The van der Waals surface area contributed by atoms with Gasteiger partial charge in [0.2, 0.25) is 0 Å². The zero-order valence-electron chi connectivity index (χ0n) is 20.8. The topological polar surface area (TPSA) is 120 Å². The van der Waals surface area contributed by atoms with Crippen molar-refractivity contribution in [2.45, 2.75) is 37.4 Å². The van der Waals surface area contributed by atoms with Crippen LogP contribution in [0.4, 0.5) is 14.6 Å². The smallest absolute Gasteiger partial charge is 0.298 e. The first-order valence-corrected chi connectivity index (χ1v) is 12.0. The van der Waals surface area contributed by atoms with E-state index in [0.29, 0.717) is 11.9 Å². The van der Waals surface area contributed by atoms with Gasteiger partial charge in [0, 0.05) is 32.8 Å². The molecule has 3 N–H and O–H groups in total. The number of methoxy groups -OCH3 is 1. The number of terminal acetylenes is 1. The molecule has 1 saturated heterocycles. The lowest BCUT2D eigenvalue weighted by atomic mass is 10.1. The molecule has 2 aliphatic rings. The van der Waals surface area contributed by atoms with E-state index in [0.717, 1.165) is 12.8 Å². The van der Waals surface area contributed by atoms with Crippen molar-refractivity contribution in [3.05, 3.63) is 40.8 Å². The van der Waals surface area contributed by atoms with Gasteiger partial charge in [0.1, 0.15) is 22.7 Å². The predicted octanol–water partition coefficient (Wildman–Crippen LogP) is 1.81. The van der Waals surface area contributed by atoms with E-state index in [4.69, 9.17) is 16.9 Å². The summed E-state index contributed by atoms with van der Waals surface area (Å²) in [6.07, 6.45) is 9.14. The van der Waals surface area contributed by atoms with Crippen molar-refractivity contribution in [2.75, 3.05) is 32.6 Å². The summed E-state index contributed by atoms with van der Waals surface area (Å²) in [5.74, 6) is 4.44. The summed E-state index contributed by atoms with van der Waals surface area (Å²) in [5.41, 5.74) is 5.45. The summed E-state index contributed by atoms with van der Waals surface area (Å²) in [4.78, 5) is 30.3. The molecule has 10 nitrogen and oxygen atoms in total. The van der Waals surface area contributed by atoms with Crippen LogP contribution in [0.15, 0.2) is 12.4 Å². The fourth-order valence-corrected chi connectivity index (χ4v) is 4.99. The molecule has 196 valence electrons. The monoisotopic (exact) mass is 521 g/mol. The summed E-state index contributed by atoms with van der Waals surface area (Å²) in [7, 11) is 3.09. The highest BCUT2D eigenvalue weighted by Crippen LogP contribution is 2.38. The number of primary amides is 1. The van der Waals surface area contributed by atoms with Gasteiger partial charge in [0.05, 0.1) is 36.1 Å². The van der Waals surface area contributed by atoms with Crippen LogP contribution < -0.4 is 11.1 Å². The van der Waals surface area contributed by atoms with Crippen molar-refractivity contribution in [2.24, 2.45) is 5.73 Å². The van der Waals surface area contributed by atoms with Crippen LogP contribution in [0.2, 0.25) is 0 Å². The first kappa shape index (κ1) is 25.2. The number of halogens is 2. The van der Waals surface area contributed by atoms with Gasteiger partial charge in [-0.1, -0.05) is 5.92 Å². The van der Waals surface area contributed by atoms with Crippen LogP contribution in [-0.4, -0.2) is 69.4 Å². The standard InChI is InChI=1S/C26H25F2N7O3/c1-4-21(36)33-11-15(9-16(33)12-38-3)35-26(30-2)22(25(29)37)19(32-35)8-7-17-18(27)10-20-24(23(17)28)31-13-34(20)14-5-6-14/h1,10,13-16,30H,5-6,9,11-12H2,2-3H3,(H2,29,37)/t15-,16+/m0/s1. The second kappa shape index (κ2) is 9.80. The Bertz CT molecular complexity index is 1550. The number of likely N-dealkylation sites (tertiary alicyclic amines) is 1. The fourth-order valence-electron chi connectivity index (χ4n) is 4.99. The minimum atomic E-state index is -0.887. The third-order valence-electron chi connectivity index (χ3n) is 6.88. The number of nitrogens with one attached hydrogen (secondary N) is 1. The Labute approximate surface area is 217 Å². The van der Waals surface area contributed by atoms with Gasteiger partial charge in [-0.2, -0.15) is 5.10 Å². The van der Waals surface area contributed by atoms with Gasteiger partial charge >= 0.3 is 0 Å². The second-order valence-corrected chi connectivity index (χ2v) is 9.28. The van der Waals surface area contributed by atoms with Gasteiger partial charge in [-0.3, -0.25) is 9.59 Å². The van der Waals surface area contributed by atoms with Crippen molar-refractivity contribution in [3.8, 4) is 24.2 Å². The van der Waals surface area contributed by atoms with E-state index in [-0.39, 0.29) is 53.9 Å².